The van der Waals surface area contributed by atoms with Crippen LogP contribution in [0, 0.1) is 0 Å². The van der Waals surface area contributed by atoms with Crippen LogP contribution in [0.1, 0.15) is 111 Å². The Morgan fingerprint density at radius 1 is 0.356 bits per heavy atom. The van der Waals surface area contributed by atoms with Crippen LogP contribution in [0.5, 0.6) is 0 Å². The van der Waals surface area contributed by atoms with E-state index in [1.807, 2.05) is 111 Å². The largest absolute Gasteiger partial charge is 0.793 e. The first-order valence-corrected chi connectivity index (χ1v) is 30.5. The zero-order valence-corrected chi connectivity index (χ0v) is 42.4. The molecule has 8 nitrogen and oxygen atoms in total. The van der Waals surface area contributed by atoms with Crippen molar-refractivity contribution in [2.45, 2.75) is 156 Å². The van der Waals surface area contributed by atoms with Crippen LogP contribution in [0.15, 0.2) is 0 Å². The Hall–Kier alpha value is 4.37. The predicted octanol–water partition coefficient (Wildman–Crippen LogP) is 8.55. The van der Waals surface area contributed by atoms with E-state index in [0.29, 0.717) is 0 Å². The average Bonchev–Trinajstić information content (AvgIpc) is 2.59. The Morgan fingerprint density at radius 2 is 0.467 bits per heavy atom. The molecule has 0 aliphatic carbocycles. The molecule has 0 aliphatic heterocycles. The van der Waals surface area contributed by atoms with Crippen LogP contribution in [0.25, 0.3) is 0 Å². The molecule has 278 valence electrons. The topological polar surface area (TPSA) is 129 Å². The molecule has 4 unspecified atom stereocenters. The number of hydrogen-bond acceptors (Lipinski definition) is 16. The van der Waals surface area contributed by atoms with E-state index < -0.39 is 22.8 Å². The van der Waals surface area contributed by atoms with E-state index >= 15 is 0 Å². The fourth-order valence-electron chi connectivity index (χ4n) is 2.16. The Labute approximate surface area is 327 Å². The second kappa shape index (κ2) is 29.8. The molecule has 4 atom stereocenters. The van der Waals surface area contributed by atoms with Crippen LogP contribution in [-0.4, -0.2) is 45.4 Å². The maximum atomic E-state index is 11.4. The van der Waals surface area contributed by atoms with Crippen LogP contribution < -0.4 is 19.6 Å². The molecule has 0 N–H and O–H groups in total. The SMILES string of the molecule is CC(C)OP([O-])(=S)SC(C)C.CC(C)OP([O-])(=S)SC(C)C.CC(C)OP([O-])(=S)SC(C)C.CC(C)OP([O-])(=S)SC(C)C.[W]. The summed E-state index contributed by atoms with van der Waals surface area (Å²) in [6.07, 6.45) is -0.205. The fourth-order valence-corrected chi connectivity index (χ4v) is 23.6. The molecular formula is C24H56O8P4S8W-4. The van der Waals surface area contributed by atoms with Gasteiger partial charge in [-0.2, -0.15) is 0 Å². The molecule has 0 fully saturated rings. The minimum Gasteiger partial charge on any atom is -0.793 e. The zero-order valence-electron chi connectivity index (χ0n) is 29.3. The fraction of sp³-hybridized carbons (Fsp3) is 1.00. The first-order chi connectivity index (χ1) is 19.3. The molecule has 0 radical (unpaired) electrons. The van der Waals surface area contributed by atoms with Gasteiger partial charge in [0.05, 0.1) is 24.4 Å². The van der Waals surface area contributed by atoms with Crippen molar-refractivity contribution in [1.82, 2.24) is 0 Å². The van der Waals surface area contributed by atoms with Gasteiger partial charge < -0.3 is 37.7 Å². The van der Waals surface area contributed by atoms with Gasteiger partial charge in [-0.3, -0.25) is 0 Å². The summed E-state index contributed by atoms with van der Waals surface area (Å²) in [7, 11) is 0. The molecule has 0 rings (SSSR count). The number of hydrogen-bond donors (Lipinski definition) is 0. The summed E-state index contributed by atoms with van der Waals surface area (Å²) in [5, 5.41) is 1.04. The molecule has 21 heteroatoms. The Bertz CT molecular complexity index is 730. The van der Waals surface area contributed by atoms with Gasteiger partial charge >= 0.3 is 0 Å². The molecule has 0 spiro atoms. The molecule has 0 saturated carbocycles. The summed E-state index contributed by atoms with van der Waals surface area (Å²) in [6, 6.07) is 0. The van der Waals surface area contributed by atoms with Crippen LogP contribution in [-0.2, 0) is 86.4 Å². The van der Waals surface area contributed by atoms with Crippen molar-refractivity contribution in [1.29, 1.82) is 0 Å². The monoisotopic (exact) mass is 1040 g/mol. The zero-order chi connectivity index (χ0) is 36.3. The van der Waals surface area contributed by atoms with Gasteiger partial charge in [-0.25, -0.2) is 0 Å². The second-order valence-electron chi connectivity index (χ2n) is 11.0. The third kappa shape index (κ3) is 52.8. The predicted molar refractivity (Wildman–Crippen MR) is 213 cm³/mol. The third-order valence-electron chi connectivity index (χ3n) is 2.72. The third-order valence-corrected chi connectivity index (χ3v) is 21.5. The summed E-state index contributed by atoms with van der Waals surface area (Å²) in [6.45, 7) is 30.3. The van der Waals surface area contributed by atoms with Crippen molar-refractivity contribution in [3.8, 4) is 0 Å². The van der Waals surface area contributed by atoms with Gasteiger partial charge in [0.2, 0.25) is 0 Å². The molecule has 45 heavy (non-hydrogen) atoms. The summed E-state index contributed by atoms with van der Waals surface area (Å²) >= 11 is 24.1. The molecule has 0 saturated heterocycles. The summed E-state index contributed by atoms with van der Waals surface area (Å²) in [4.78, 5) is 45.6. The molecular weight excluding hydrogens is 981 g/mol. The number of rotatable bonds is 16. The second-order valence-corrected chi connectivity index (χ2v) is 36.9. The molecule has 0 heterocycles. The van der Waals surface area contributed by atoms with Gasteiger partial charge in [-0.1, -0.05) is 103 Å². The van der Waals surface area contributed by atoms with E-state index in [4.69, 9.17) is 65.3 Å². The van der Waals surface area contributed by atoms with Crippen molar-refractivity contribution in [3.05, 3.63) is 0 Å². The molecule has 0 aromatic carbocycles. The summed E-state index contributed by atoms with van der Waals surface area (Å²) in [5.41, 5.74) is -11.2. The van der Waals surface area contributed by atoms with Crippen molar-refractivity contribution >= 4 is 116 Å². The normalized spacial score (nSPS) is 17.0. The minimum atomic E-state index is -2.80. The smallest absolute Gasteiger partial charge is 0.0566 e. The Morgan fingerprint density at radius 3 is 0.533 bits per heavy atom. The first kappa shape index (κ1) is 58.7. The Kier molecular flexibility index (Phi) is 38.8. The van der Waals surface area contributed by atoms with Crippen LogP contribution in [0.3, 0.4) is 0 Å². The minimum absolute atomic E-state index is 0. The molecule has 0 aromatic rings. The van der Waals surface area contributed by atoms with E-state index in [-0.39, 0.29) is 66.5 Å². The van der Waals surface area contributed by atoms with Gasteiger partial charge in [0.25, 0.3) is 0 Å². The quantitative estimate of drug-likeness (QED) is 0.137. The van der Waals surface area contributed by atoms with E-state index in [1.54, 1.807) is 0 Å². The van der Waals surface area contributed by atoms with Crippen LogP contribution in [0.2, 0.25) is 0 Å². The Balaban J connectivity index is -0.000000157. The summed E-state index contributed by atoms with van der Waals surface area (Å²) in [5.74, 6) is 0. The van der Waals surface area contributed by atoms with E-state index in [9.17, 15) is 19.6 Å². The van der Waals surface area contributed by atoms with Crippen molar-refractivity contribution < 1.29 is 58.7 Å². The van der Waals surface area contributed by atoms with E-state index in [2.05, 4.69) is 0 Å². The average molecular weight is 1040 g/mol. The van der Waals surface area contributed by atoms with Gasteiger partial charge in [-0.15, -0.1) is 45.5 Å². The van der Waals surface area contributed by atoms with Gasteiger partial charge in [0.1, 0.15) is 0 Å². The molecule has 0 amide bonds. The first-order valence-electron chi connectivity index (χ1n) is 14.0. The molecule has 0 bridgehead atoms. The van der Waals surface area contributed by atoms with Gasteiger partial charge in [-0.05, 0) is 55.4 Å². The van der Waals surface area contributed by atoms with E-state index in [1.165, 1.54) is 45.5 Å². The van der Waals surface area contributed by atoms with Crippen LogP contribution in [0.4, 0.5) is 0 Å². The van der Waals surface area contributed by atoms with Crippen LogP contribution >= 0.6 is 68.3 Å². The maximum Gasteiger partial charge on any atom is 0.0566 e. The van der Waals surface area contributed by atoms with Crippen molar-refractivity contribution in [2.24, 2.45) is 0 Å². The molecule has 0 aliphatic rings. The van der Waals surface area contributed by atoms with Gasteiger partial charge in [0.15, 0.2) is 0 Å². The standard InChI is InChI=1S/4C6H15O2PS2.W/c4*1-5(2)8-9(7,10)11-6(3)4;/h4*5-6H,1-4H3,(H,7,10);/p-4. The van der Waals surface area contributed by atoms with Crippen molar-refractivity contribution in [2.75, 3.05) is 0 Å². The van der Waals surface area contributed by atoms with Gasteiger partial charge in [0, 0.05) is 64.8 Å². The molecule has 0 aromatic heterocycles. The van der Waals surface area contributed by atoms with Crippen molar-refractivity contribution in [3.63, 3.8) is 0 Å². The summed E-state index contributed by atoms with van der Waals surface area (Å²) < 4.78 is 20.3. The maximum absolute atomic E-state index is 11.4. The van der Waals surface area contributed by atoms with E-state index in [0.717, 1.165) is 0 Å².